The Morgan fingerprint density at radius 3 is 2.32 bits per heavy atom. The first kappa shape index (κ1) is 21.5. The first-order chi connectivity index (χ1) is 13.0. The second-order valence-electron chi connectivity index (χ2n) is 7.49. The van der Waals surface area contributed by atoms with Crippen LogP contribution < -0.4 is 15.7 Å². The van der Waals surface area contributed by atoms with Crippen LogP contribution in [0.1, 0.15) is 43.9 Å². The molecule has 0 spiro atoms. The number of benzene rings is 1. The van der Waals surface area contributed by atoms with E-state index in [9.17, 15) is 19.5 Å². The summed E-state index contributed by atoms with van der Waals surface area (Å²) < 4.78 is 11.2. The second kappa shape index (κ2) is 8.46. The number of rotatable bonds is 7. The summed E-state index contributed by atoms with van der Waals surface area (Å²) in [5, 5.41) is 12.6. The van der Waals surface area contributed by atoms with Gasteiger partial charge in [-0.15, -0.1) is 0 Å². The van der Waals surface area contributed by atoms with Crippen LogP contribution in [-0.2, 0) is 9.59 Å². The van der Waals surface area contributed by atoms with E-state index in [1.807, 2.05) is 20.8 Å². The monoisotopic (exact) mass is 389 g/mol. The summed E-state index contributed by atoms with van der Waals surface area (Å²) in [5.74, 6) is -1.08. The van der Waals surface area contributed by atoms with Crippen molar-refractivity contribution in [1.29, 1.82) is 0 Å². The number of carbonyl (C=O) groups excluding carboxylic acids is 1. The molecule has 2 atom stereocenters. The Bertz CT molecular complexity index is 960. The molecule has 1 aromatic heterocycles. The van der Waals surface area contributed by atoms with Gasteiger partial charge in [-0.05, 0) is 57.7 Å². The van der Waals surface area contributed by atoms with Gasteiger partial charge in [-0.1, -0.05) is 13.8 Å². The molecule has 7 heteroatoms. The molecule has 28 heavy (non-hydrogen) atoms. The molecular formula is C21H27NO6. The zero-order chi connectivity index (χ0) is 21.2. The van der Waals surface area contributed by atoms with Crippen LogP contribution in [0, 0.1) is 26.7 Å². The van der Waals surface area contributed by atoms with Crippen LogP contribution >= 0.6 is 0 Å². The van der Waals surface area contributed by atoms with E-state index in [1.54, 1.807) is 32.9 Å². The van der Waals surface area contributed by atoms with Crippen molar-refractivity contribution < 1.29 is 23.8 Å². The number of fused-ring (bicyclic) bond motifs is 1. The van der Waals surface area contributed by atoms with Crippen LogP contribution in [0.25, 0.3) is 11.0 Å². The van der Waals surface area contributed by atoms with Gasteiger partial charge in [-0.25, -0.2) is 9.59 Å². The predicted molar refractivity (Wildman–Crippen MR) is 106 cm³/mol. The Balaban J connectivity index is 2.25. The van der Waals surface area contributed by atoms with Crippen LogP contribution in [0.4, 0.5) is 0 Å². The van der Waals surface area contributed by atoms with Gasteiger partial charge in [0.05, 0.1) is 0 Å². The molecule has 7 nitrogen and oxygen atoms in total. The Kier molecular flexibility index (Phi) is 6.48. The van der Waals surface area contributed by atoms with Crippen LogP contribution in [0.5, 0.6) is 5.75 Å². The maximum atomic E-state index is 12.4. The lowest BCUT2D eigenvalue weighted by Crippen LogP contribution is -2.46. The minimum atomic E-state index is -1.08. The summed E-state index contributed by atoms with van der Waals surface area (Å²) in [6.45, 7) is 10.6. The number of aryl methyl sites for hydroxylation is 2. The fraction of sp³-hybridized carbons (Fsp3) is 0.476. The third-order valence-corrected chi connectivity index (χ3v) is 4.82. The van der Waals surface area contributed by atoms with Crippen LogP contribution in [-0.4, -0.2) is 29.1 Å². The lowest BCUT2D eigenvalue weighted by atomic mass is 10.0. The minimum Gasteiger partial charge on any atom is -0.480 e. The van der Waals surface area contributed by atoms with Gasteiger partial charge < -0.3 is 19.6 Å². The average molecular weight is 389 g/mol. The van der Waals surface area contributed by atoms with Gasteiger partial charge in [0.25, 0.3) is 5.91 Å². The van der Waals surface area contributed by atoms with Crippen LogP contribution in [0.3, 0.4) is 0 Å². The highest BCUT2D eigenvalue weighted by Gasteiger charge is 2.25. The van der Waals surface area contributed by atoms with Gasteiger partial charge in [-0.3, -0.25) is 4.79 Å². The summed E-state index contributed by atoms with van der Waals surface area (Å²) in [7, 11) is 0. The zero-order valence-electron chi connectivity index (χ0n) is 17.1. The smallest absolute Gasteiger partial charge is 0.339 e. The molecule has 0 aliphatic carbocycles. The number of carboxylic acids is 1. The molecule has 2 N–H and O–H groups in total. The van der Waals surface area contributed by atoms with E-state index in [0.717, 1.165) is 10.9 Å². The number of ether oxygens (including phenoxy) is 1. The quantitative estimate of drug-likeness (QED) is 0.705. The number of carbonyl (C=O) groups is 2. The molecule has 0 saturated carbocycles. The van der Waals surface area contributed by atoms with E-state index >= 15 is 0 Å². The topological polar surface area (TPSA) is 106 Å². The second-order valence-corrected chi connectivity index (χ2v) is 7.49. The predicted octanol–water partition coefficient (Wildman–Crippen LogP) is 3.10. The summed E-state index contributed by atoms with van der Waals surface area (Å²) in [6.07, 6.45) is -0.588. The van der Waals surface area contributed by atoms with E-state index in [-0.39, 0.29) is 5.92 Å². The fourth-order valence-corrected chi connectivity index (χ4v) is 2.98. The first-order valence-electron chi connectivity index (χ1n) is 9.26. The number of aliphatic carboxylic acids is 1. The normalized spacial score (nSPS) is 13.4. The highest BCUT2D eigenvalue weighted by molar-refractivity contribution is 5.87. The van der Waals surface area contributed by atoms with E-state index < -0.39 is 29.6 Å². The van der Waals surface area contributed by atoms with Crippen molar-refractivity contribution in [3.63, 3.8) is 0 Å². The zero-order valence-corrected chi connectivity index (χ0v) is 17.1. The maximum absolute atomic E-state index is 12.4. The van der Waals surface area contributed by atoms with Gasteiger partial charge in [0.2, 0.25) is 0 Å². The van der Waals surface area contributed by atoms with Crippen molar-refractivity contribution in [3.05, 3.63) is 39.2 Å². The van der Waals surface area contributed by atoms with Crippen molar-refractivity contribution in [2.24, 2.45) is 5.92 Å². The number of amides is 1. The van der Waals surface area contributed by atoms with Gasteiger partial charge in [0.1, 0.15) is 17.4 Å². The molecular weight excluding hydrogens is 362 g/mol. The van der Waals surface area contributed by atoms with E-state index in [4.69, 9.17) is 9.15 Å². The third kappa shape index (κ3) is 4.52. The molecule has 0 aliphatic heterocycles. The standard InChI is InChI=1S/C21H27NO6/c1-10(2)9-16(20(24)25)22-19(23)14(6)27-17-8-7-15-11(3)12(4)21(26)28-18(15)13(17)5/h7-8,10,14,16H,9H2,1-6H3,(H,22,23)(H,24,25)/t14-,16-/m0/s1. The molecule has 0 unspecified atom stereocenters. The third-order valence-electron chi connectivity index (χ3n) is 4.82. The Morgan fingerprint density at radius 1 is 1.11 bits per heavy atom. The van der Waals surface area contributed by atoms with Crippen molar-refractivity contribution in [1.82, 2.24) is 5.32 Å². The van der Waals surface area contributed by atoms with Gasteiger partial charge in [-0.2, -0.15) is 0 Å². The molecule has 0 aliphatic rings. The number of hydrogen-bond acceptors (Lipinski definition) is 5. The van der Waals surface area contributed by atoms with Gasteiger partial charge in [0, 0.05) is 16.5 Å². The molecule has 0 fully saturated rings. The molecule has 0 radical (unpaired) electrons. The number of hydrogen-bond donors (Lipinski definition) is 2. The van der Waals surface area contributed by atoms with Gasteiger partial charge in [0.15, 0.2) is 6.10 Å². The number of carboxylic acid groups (broad SMARTS) is 1. The van der Waals surface area contributed by atoms with Crippen molar-refractivity contribution in [2.75, 3.05) is 0 Å². The highest BCUT2D eigenvalue weighted by atomic mass is 16.5. The molecule has 0 saturated heterocycles. The summed E-state index contributed by atoms with van der Waals surface area (Å²) in [4.78, 5) is 35.7. The molecule has 1 amide bonds. The Labute approximate surface area is 163 Å². The van der Waals surface area contributed by atoms with Crippen molar-refractivity contribution in [3.8, 4) is 5.75 Å². The van der Waals surface area contributed by atoms with E-state index in [2.05, 4.69) is 5.32 Å². The maximum Gasteiger partial charge on any atom is 0.339 e. The molecule has 152 valence electrons. The molecule has 0 bridgehead atoms. The Morgan fingerprint density at radius 2 is 1.75 bits per heavy atom. The largest absolute Gasteiger partial charge is 0.480 e. The first-order valence-corrected chi connectivity index (χ1v) is 9.26. The molecule has 1 heterocycles. The summed E-state index contributed by atoms with van der Waals surface area (Å²) >= 11 is 0. The SMILES string of the molecule is Cc1c(C)c2ccc(O[C@@H](C)C(=O)N[C@@H](CC(C)C)C(=O)O)c(C)c2oc1=O. The summed E-state index contributed by atoms with van der Waals surface area (Å²) in [6, 6.07) is 2.53. The Hall–Kier alpha value is -2.83. The van der Waals surface area contributed by atoms with Gasteiger partial charge >= 0.3 is 11.6 Å². The fourth-order valence-electron chi connectivity index (χ4n) is 2.98. The van der Waals surface area contributed by atoms with Crippen LogP contribution in [0.15, 0.2) is 21.3 Å². The van der Waals surface area contributed by atoms with Crippen LogP contribution in [0.2, 0.25) is 0 Å². The lowest BCUT2D eigenvalue weighted by Gasteiger charge is -2.21. The van der Waals surface area contributed by atoms with E-state index in [1.165, 1.54) is 0 Å². The highest BCUT2D eigenvalue weighted by Crippen LogP contribution is 2.29. The molecule has 1 aromatic carbocycles. The van der Waals surface area contributed by atoms with E-state index in [0.29, 0.717) is 28.9 Å². The van der Waals surface area contributed by atoms with Crippen molar-refractivity contribution >= 4 is 22.8 Å². The minimum absolute atomic E-state index is 0.120. The molecule has 2 rings (SSSR count). The average Bonchev–Trinajstić information content (AvgIpc) is 2.61. The van der Waals surface area contributed by atoms with Crippen molar-refractivity contribution in [2.45, 2.75) is 60.1 Å². The lowest BCUT2D eigenvalue weighted by molar-refractivity contribution is -0.143. The summed E-state index contributed by atoms with van der Waals surface area (Å²) in [5.41, 5.74) is 2.01. The molecule has 2 aromatic rings. The number of nitrogens with one attached hydrogen (secondary N) is 1.